The minimum atomic E-state index is 0.410. The minimum Gasteiger partial charge on any atom is -0.339 e. The number of H-pyrrole nitrogens is 1. The molecule has 68 valence electrons. The van der Waals surface area contributed by atoms with Crippen LogP contribution in [-0.4, -0.2) is 15.0 Å². The van der Waals surface area contributed by atoms with Gasteiger partial charge in [0, 0.05) is 6.20 Å². The summed E-state index contributed by atoms with van der Waals surface area (Å²) in [5.41, 5.74) is 4.01. The fourth-order valence-corrected chi connectivity index (χ4v) is 1.48. The first-order valence-corrected chi connectivity index (χ1v) is 4.62. The van der Waals surface area contributed by atoms with Crippen LogP contribution in [-0.2, 0) is 5.88 Å². The fraction of sp³-hybridized carbons (Fsp3) is 0.333. The summed E-state index contributed by atoms with van der Waals surface area (Å²) in [5.74, 6) is 1.21. The molecule has 2 aromatic heterocycles. The van der Waals surface area contributed by atoms with Crippen LogP contribution in [0, 0.1) is 13.8 Å². The van der Waals surface area contributed by atoms with Gasteiger partial charge in [-0.2, -0.15) is 0 Å². The van der Waals surface area contributed by atoms with Crippen molar-refractivity contribution in [1.29, 1.82) is 0 Å². The summed E-state index contributed by atoms with van der Waals surface area (Å²) in [5, 5.41) is 0. The van der Waals surface area contributed by atoms with E-state index in [1.807, 2.05) is 20.0 Å². The molecule has 3 nitrogen and oxygen atoms in total. The third-order valence-electron chi connectivity index (χ3n) is 2.07. The summed E-state index contributed by atoms with van der Waals surface area (Å²) in [6.07, 6.45) is 1.83. The number of alkyl halides is 1. The standard InChI is InChI=1S/C9H10ClN3/c1-5-4-11-6(2)9-8(5)12-7(3-10)13-9/h4H,3H2,1-2H3,(H,12,13). The van der Waals surface area contributed by atoms with Gasteiger partial charge in [0.05, 0.1) is 22.6 Å². The maximum absolute atomic E-state index is 5.69. The Kier molecular flexibility index (Phi) is 1.96. The zero-order chi connectivity index (χ0) is 9.42. The molecular weight excluding hydrogens is 186 g/mol. The molecule has 0 saturated carbocycles. The van der Waals surface area contributed by atoms with E-state index in [1.54, 1.807) is 0 Å². The molecule has 1 N–H and O–H groups in total. The van der Waals surface area contributed by atoms with E-state index < -0.39 is 0 Å². The van der Waals surface area contributed by atoms with E-state index in [4.69, 9.17) is 11.6 Å². The van der Waals surface area contributed by atoms with E-state index in [0.29, 0.717) is 5.88 Å². The molecule has 2 rings (SSSR count). The van der Waals surface area contributed by atoms with Gasteiger partial charge in [-0.3, -0.25) is 4.98 Å². The van der Waals surface area contributed by atoms with Gasteiger partial charge in [-0.25, -0.2) is 4.98 Å². The largest absolute Gasteiger partial charge is 0.339 e. The summed E-state index contributed by atoms with van der Waals surface area (Å²) in [4.78, 5) is 11.8. The van der Waals surface area contributed by atoms with Crippen LogP contribution in [0.15, 0.2) is 6.20 Å². The van der Waals surface area contributed by atoms with Crippen molar-refractivity contribution < 1.29 is 0 Å². The molecule has 2 aromatic rings. The molecule has 0 atom stereocenters. The quantitative estimate of drug-likeness (QED) is 0.710. The summed E-state index contributed by atoms with van der Waals surface area (Å²) in [7, 11) is 0. The summed E-state index contributed by atoms with van der Waals surface area (Å²) >= 11 is 5.69. The van der Waals surface area contributed by atoms with Gasteiger partial charge in [0.2, 0.25) is 0 Å². The second-order valence-electron chi connectivity index (χ2n) is 3.07. The molecule has 0 aliphatic rings. The molecule has 0 spiro atoms. The maximum atomic E-state index is 5.69. The van der Waals surface area contributed by atoms with Gasteiger partial charge in [0.1, 0.15) is 5.82 Å². The molecular formula is C9H10ClN3. The van der Waals surface area contributed by atoms with Crippen molar-refractivity contribution in [3.05, 3.63) is 23.3 Å². The molecule has 0 aromatic carbocycles. The smallest absolute Gasteiger partial charge is 0.122 e. The molecule has 0 radical (unpaired) electrons. The lowest BCUT2D eigenvalue weighted by molar-refractivity contribution is 1.13. The normalized spacial score (nSPS) is 11.0. The van der Waals surface area contributed by atoms with Crippen LogP contribution < -0.4 is 0 Å². The third-order valence-corrected chi connectivity index (χ3v) is 2.32. The van der Waals surface area contributed by atoms with Crippen LogP contribution in [0.2, 0.25) is 0 Å². The van der Waals surface area contributed by atoms with Crippen molar-refractivity contribution in [1.82, 2.24) is 15.0 Å². The molecule has 2 heterocycles. The Bertz CT molecular complexity index is 408. The summed E-state index contributed by atoms with van der Waals surface area (Å²) in [6, 6.07) is 0. The summed E-state index contributed by atoms with van der Waals surface area (Å²) in [6.45, 7) is 3.95. The van der Waals surface area contributed by atoms with E-state index in [-0.39, 0.29) is 0 Å². The van der Waals surface area contributed by atoms with E-state index in [2.05, 4.69) is 15.0 Å². The number of pyridine rings is 1. The molecule has 0 aliphatic carbocycles. The Hall–Kier alpha value is -1.09. The zero-order valence-electron chi connectivity index (χ0n) is 7.56. The maximum Gasteiger partial charge on any atom is 0.122 e. The highest BCUT2D eigenvalue weighted by Crippen LogP contribution is 2.17. The van der Waals surface area contributed by atoms with Crippen molar-refractivity contribution in [2.75, 3.05) is 0 Å². The number of hydrogen-bond donors (Lipinski definition) is 1. The van der Waals surface area contributed by atoms with Gasteiger partial charge in [-0.05, 0) is 19.4 Å². The minimum absolute atomic E-state index is 0.410. The SMILES string of the molecule is Cc1cnc(C)c2[nH]c(CCl)nc12. The van der Waals surface area contributed by atoms with Gasteiger partial charge in [0.15, 0.2) is 0 Å². The predicted octanol–water partition coefficient (Wildman–Crippen LogP) is 2.31. The zero-order valence-corrected chi connectivity index (χ0v) is 8.31. The molecule has 0 saturated heterocycles. The van der Waals surface area contributed by atoms with Crippen molar-refractivity contribution in [3.8, 4) is 0 Å². The first-order chi connectivity index (χ1) is 6.22. The van der Waals surface area contributed by atoms with Crippen LogP contribution >= 0.6 is 11.6 Å². The highest BCUT2D eigenvalue weighted by molar-refractivity contribution is 6.16. The Morgan fingerprint density at radius 3 is 2.85 bits per heavy atom. The van der Waals surface area contributed by atoms with Crippen LogP contribution in [0.4, 0.5) is 0 Å². The molecule has 13 heavy (non-hydrogen) atoms. The number of aromatic amines is 1. The van der Waals surface area contributed by atoms with Gasteiger partial charge in [-0.15, -0.1) is 11.6 Å². The van der Waals surface area contributed by atoms with Gasteiger partial charge < -0.3 is 4.98 Å². The van der Waals surface area contributed by atoms with Crippen molar-refractivity contribution in [2.45, 2.75) is 19.7 Å². The number of rotatable bonds is 1. The highest BCUT2D eigenvalue weighted by atomic mass is 35.5. The first kappa shape index (κ1) is 8.51. The second-order valence-corrected chi connectivity index (χ2v) is 3.33. The Balaban J connectivity index is 2.80. The number of nitrogens with zero attached hydrogens (tertiary/aromatic N) is 2. The average molecular weight is 196 g/mol. The van der Waals surface area contributed by atoms with Crippen molar-refractivity contribution in [3.63, 3.8) is 0 Å². The monoisotopic (exact) mass is 195 g/mol. The van der Waals surface area contributed by atoms with Crippen molar-refractivity contribution in [2.24, 2.45) is 0 Å². The number of aromatic nitrogens is 3. The topological polar surface area (TPSA) is 41.6 Å². The number of imidazole rings is 1. The van der Waals surface area contributed by atoms with Gasteiger partial charge in [-0.1, -0.05) is 0 Å². The van der Waals surface area contributed by atoms with Crippen molar-refractivity contribution >= 4 is 22.6 Å². The van der Waals surface area contributed by atoms with Crippen LogP contribution in [0.1, 0.15) is 17.1 Å². The number of halogens is 1. The van der Waals surface area contributed by atoms with Gasteiger partial charge in [0.25, 0.3) is 0 Å². The van der Waals surface area contributed by atoms with E-state index in [1.165, 1.54) is 0 Å². The molecule has 0 bridgehead atoms. The predicted molar refractivity (Wildman–Crippen MR) is 52.9 cm³/mol. The van der Waals surface area contributed by atoms with E-state index >= 15 is 0 Å². The van der Waals surface area contributed by atoms with E-state index in [0.717, 1.165) is 28.1 Å². The lowest BCUT2D eigenvalue weighted by Crippen LogP contribution is -1.85. The highest BCUT2D eigenvalue weighted by Gasteiger charge is 2.06. The average Bonchev–Trinajstić information content (AvgIpc) is 2.56. The Morgan fingerprint density at radius 2 is 2.23 bits per heavy atom. The van der Waals surface area contributed by atoms with Crippen LogP contribution in [0.5, 0.6) is 0 Å². The lowest BCUT2D eigenvalue weighted by Gasteiger charge is -1.95. The van der Waals surface area contributed by atoms with Gasteiger partial charge >= 0.3 is 0 Å². The number of nitrogens with one attached hydrogen (secondary N) is 1. The first-order valence-electron chi connectivity index (χ1n) is 4.09. The number of hydrogen-bond acceptors (Lipinski definition) is 2. The van der Waals surface area contributed by atoms with Crippen LogP contribution in [0.25, 0.3) is 11.0 Å². The molecule has 4 heteroatoms. The number of fused-ring (bicyclic) bond motifs is 1. The lowest BCUT2D eigenvalue weighted by atomic mass is 10.2. The van der Waals surface area contributed by atoms with Crippen LogP contribution in [0.3, 0.4) is 0 Å². The third kappa shape index (κ3) is 1.29. The number of aryl methyl sites for hydroxylation is 2. The summed E-state index contributed by atoms with van der Waals surface area (Å²) < 4.78 is 0. The Morgan fingerprint density at radius 1 is 1.46 bits per heavy atom. The second kappa shape index (κ2) is 3.00. The van der Waals surface area contributed by atoms with E-state index in [9.17, 15) is 0 Å². The fourth-order valence-electron chi connectivity index (χ4n) is 1.35. The molecule has 0 unspecified atom stereocenters. The molecule has 0 amide bonds. The molecule has 0 fully saturated rings. The molecule has 0 aliphatic heterocycles. The Labute approximate surface area is 81.2 Å².